The zero-order valence-corrected chi connectivity index (χ0v) is 13.0. The Hall–Kier alpha value is 0.452. The normalized spacial score (nSPS) is 10.7. The van der Waals surface area contributed by atoms with Gasteiger partial charge in [-0.25, -0.2) is 0 Å². The lowest BCUT2D eigenvalue weighted by Gasteiger charge is -2.05. The molecule has 0 rings (SSSR count). The van der Waals surface area contributed by atoms with Crippen LogP contribution in [0.5, 0.6) is 0 Å². The quantitative estimate of drug-likeness (QED) is 0.337. The summed E-state index contributed by atoms with van der Waals surface area (Å²) in [6, 6.07) is 0. The summed E-state index contributed by atoms with van der Waals surface area (Å²) in [5.41, 5.74) is 0. The monoisotopic (exact) mass is 257 g/mol. The summed E-state index contributed by atoms with van der Waals surface area (Å²) in [7, 11) is 0. The second kappa shape index (κ2) is 16.5. The first kappa shape index (κ1) is 17.5. The van der Waals surface area contributed by atoms with Crippen LogP contribution in [0.15, 0.2) is 0 Å². The van der Waals surface area contributed by atoms with E-state index in [4.69, 9.17) is 7.58 Å². The van der Waals surface area contributed by atoms with Crippen molar-refractivity contribution in [3.8, 4) is 0 Å². The highest BCUT2D eigenvalue weighted by Gasteiger charge is 1.97. The molecule has 17 heavy (non-hydrogen) atoms. The van der Waals surface area contributed by atoms with Gasteiger partial charge < -0.3 is 7.58 Å². The van der Waals surface area contributed by atoms with Gasteiger partial charge in [-0.05, 0) is 12.8 Å². The number of rotatable bonds is 14. The molecule has 1 radical (unpaired) electrons. The van der Waals surface area contributed by atoms with E-state index in [1.54, 1.807) is 0 Å². The second-order valence-corrected chi connectivity index (χ2v) is 5.53. The van der Waals surface area contributed by atoms with Crippen LogP contribution in [0, 0.1) is 0 Å². The van der Waals surface area contributed by atoms with Crippen molar-refractivity contribution in [1.82, 2.24) is 0 Å². The molecule has 0 aliphatic rings. The van der Waals surface area contributed by atoms with Crippen LogP contribution in [0.4, 0.5) is 0 Å². The Morgan fingerprint density at radius 3 is 1.41 bits per heavy atom. The molecule has 0 heterocycles. The summed E-state index contributed by atoms with van der Waals surface area (Å²) < 4.78 is 11.0. The van der Waals surface area contributed by atoms with Crippen molar-refractivity contribution in [3.05, 3.63) is 0 Å². The van der Waals surface area contributed by atoms with E-state index in [0.29, 0.717) is 0 Å². The summed E-state index contributed by atoms with van der Waals surface area (Å²) in [5, 5.41) is 0. The van der Waals surface area contributed by atoms with Gasteiger partial charge in [0.25, 0.3) is 0 Å². The lowest BCUT2D eigenvalue weighted by molar-refractivity contribution is 0.213. The molecule has 0 unspecified atom stereocenters. The zero-order chi connectivity index (χ0) is 12.6. The molecule has 0 spiro atoms. The Kier molecular flexibility index (Phi) is 16.9. The van der Waals surface area contributed by atoms with E-state index in [2.05, 4.69) is 13.8 Å². The molecule has 2 nitrogen and oxygen atoms in total. The van der Waals surface area contributed by atoms with Gasteiger partial charge in [0, 0.05) is 13.2 Å². The molecule has 0 amide bonds. The standard InChI is InChI=1S/2C7H15O.Al/c2*1-2-3-4-5-6-7-8;/h2*2-7H2,1H3;/q2*-1;+2. The first-order chi connectivity index (χ1) is 8.41. The largest absolute Gasteiger partial charge is 0.668 e. The summed E-state index contributed by atoms with van der Waals surface area (Å²) in [6.45, 7) is 6.29. The fraction of sp³-hybridized carbons (Fsp3) is 1.00. The maximum absolute atomic E-state index is 5.50. The fourth-order valence-electron chi connectivity index (χ4n) is 1.72. The van der Waals surface area contributed by atoms with Crippen LogP contribution in [-0.2, 0) is 7.58 Å². The second-order valence-electron chi connectivity index (χ2n) is 4.67. The highest BCUT2D eigenvalue weighted by atomic mass is 27.2. The Labute approximate surface area is 115 Å². The highest BCUT2D eigenvalue weighted by molar-refractivity contribution is 6.17. The average molecular weight is 257 g/mol. The van der Waals surface area contributed by atoms with E-state index in [-0.39, 0.29) is 15.9 Å². The van der Waals surface area contributed by atoms with E-state index in [1.807, 2.05) is 0 Å². The van der Waals surface area contributed by atoms with Crippen molar-refractivity contribution in [2.75, 3.05) is 13.2 Å². The average Bonchev–Trinajstić information content (AvgIpc) is 2.35. The van der Waals surface area contributed by atoms with Crippen LogP contribution < -0.4 is 0 Å². The van der Waals surface area contributed by atoms with Gasteiger partial charge in [-0.15, -0.1) is 0 Å². The third kappa shape index (κ3) is 16.5. The first-order valence-corrected chi connectivity index (χ1v) is 8.41. The molecule has 0 saturated carbocycles. The molecule has 0 aliphatic heterocycles. The Bertz CT molecular complexity index is 117. The molecule has 0 aromatic carbocycles. The minimum Gasteiger partial charge on any atom is -0.484 e. The van der Waals surface area contributed by atoms with Crippen molar-refractivity contribution >= 4 is 15.9 Å². The smallest absolute Gasteiger partial charge is 0.484 e. The Balaban J connectivity index is 2.85. The number of hydrogen-bond acceptors (Lipinski definition) is 2. The molecule has 0 aromatic rings. The first-order valence-electron chi connectivity index (χ1n) is 7.46. The van der Waals surface area contributed by atoms with Gasteiger partial charge in [-0.1, -0.05) is 65.2 Å². The van der Waals surface area contributed by atoms with Gasteiger partial charge in [0.05, 0.1) is 0 Å². The minimum atomic E-state index is -0.206. The predicted molar refractivity (Wildman–Crippen MR) is 75.2 cm³/mol. The van der Waals surface area contributed by atoms with Crippen molar-refractivity contribution in [2.45, 2.75) is 78.1 Å². The molecule has 0 saturated heterocycles. The predicted octanol–water partition coefficient (Wildman–Crippen LogP) is 4.49. The van der Waals surface area contributed by atoms with Crippen molar-refractivity contribution in [1.29, 1.82) is 0 Å². The van der Waals surface area contributed by atoms with Gasteiger partial charge in [-0.3, -0.25) is 0 Å². The molecule has 0 fully saturated rings. The minimum absolute atomic E-state index is 0.206. The Morgan fingerprint density at radius 2 is 1.00 bits per heavy atom. The van der Waals surface area contributed by atoms with Crippen LogP contribution >= 0.6 is 0 Å². The Morgan fingerprint density at radius 1 is 0.588 bits per heavy atom. The molecule has 0 aliphatic carbocycles. The van der Waals surface area contributed by atoms with Gasteiger partial charge in [0.2, 0.25) is 0 Å². The number of hydrogen-bond donors (Lipinski definition) is 0. The lowest BCUT2D eigenvalue weighted by Crippen LogP contribution is -2.07. The molecular weight excluding hydrogens is 227 g/mol. The van der Waals surface area contributed by atoms with Crippen LogP contribution in [0.25, 0.3) is 0 Å². The number of unbranched alkanes of at least 4 members (excludes halogenated alkanes) is 8. The van der Waals surface area contributed by atoms with Crippen LogP contribution in [0.1, 0.15) is 78.1 Å². The van der Waals surface area contributed by atoms with Crippen molar-refractivity contribution in [3.63, 3.8) is 0 Å². The van der Waals surface area contributed by atoms with E-state index >= 15 is 0 Å². The maximum atomic E-state index is 5.50. The SMILES string of the molecule is CCCCCCC[O][Al][O]CCCCCCC. The van der Waals surface area contributed by atoms with E-state index in [9.17, 15) is 0 Å². The molecule has 0 bridgehead atoms. The van der Waals surface area contributed by atoms with Gasteiger partial charge >= 0.3 is 15.9 Å². The highest BCUT2D eigenvalue weighted by Crippen LogP contribution is 2.03. The van der Waals surface area contributed by atoms with Gasteiger partial charge in [0.15, 0.2) is 0 Å². The van der Waals surface area contributed by atoms with Gasteiger partial charge in [0.1, 0.15) is 0 Å². The molecule has 0 aromatic heterocycles. The van der Waals surface area contributed by atoms with E-state index in [0.717, 1.165) is 13.2 Å². The third-order valence-electron chi connectivity index (χ3n) is 2.87. The molecule has 3 heteroatoms. The lowest BCUT2D eigenvalue weighted by atomic mass is 10.2. The maximum Gasteiger partial charge on any atom is 0.668 e. The molecule has 0 atom stereocenters. The van der Waals surface area contributed by atoms with Gasteiger partial charge in [-0.2, -0.15) is 0 Å². The molecular formula is C14H30AlO2. The fourth-order valence-corrected chi connectivity index (χ4v) is 2.34. The van der Waals surface area contributed by atoms with Crippen LogP contribution in [0.3, 0.4) is 0 Å². The summed E-state index contributed by atoms with van der Waals surface area (Å²) in [6.07, 6.45) is 13.1. The van der Waals surface area contributed by atoms with Crippen molar-refractivity contribution < 1.29 is 7.58 Å². The summed E-state index contributed by atoms with van der Waals surface area (Å²) in [5.74, 6) is 0. The topological polar surface area (TPSA) is 18.5 Å². The van der Waals surface area contributed by atoms with E-state index in [1.165, 1.54) is 64.2 Å². The third-order valence-corrected chi connectivity index (χ3v) is 3.61. The summed E-state index contributed by atoms with van der Waals surface area (Å²) >= 11 is -0.206. The zero-order valence-electron chi connectivity index (χ0n) is 11.9. The van der Waals surface area contributed by atoms with Crippen LogP contribution in [0.2, 0.25) is 0 Å². The van der Waals surface area contributed by atoms with E-state index < -0.39 is 0 Å². The summed E-state index contributed by atoms with van der Waals surface area (Å²) in [4.78, 5) is 0. The van der Waals surface area contributed by atoms with Crippen molar-refractivity contribution in [2.24, 2.45) is 0 Å². The molecule has 0 N–H and O–H groups in total. The van der Waals surface area contributed by atoms with Crippen LogP contribution in [-0.4, -0.2) is 29.1 Å². The molecule has 101 valence electrons.